The Hall–Kier alpha value is -1.94. The molecule has 2 rings (SSSR count). The molecule has 0 aliphatic heterocycles. The Morgan fingerprint density at radius 2 is 2.12 bits per heavy atom. The second-order valence-electron chi connectivity index (χ2n) is 3.78. The van der Waals surface area contributed by atoms with E-state index in [4.69, 9.17) is 4.74 Å². The molecule has 0 radical (unpaired) electrons. The molecule has 2 aromatic rings. The van der Waals surface area contributed by atoms with E-state index in [2.05, 4.69) is 4.98 Å². The summed E-state index contributed by atoms with van der Waals surface area (Å²) in [6.45, 7) is 1.61. The summed E-state index contributed by atoms with van der Waals surface area (Å²) in [4.78, 5) is 16.0. The van der Waals surface area contributed by atoms with Gasteiger partial charge in [0.25, 0.3) is 0 Å². The van der Waals surface area contributed by atoms with Crippen LogP contribution < -0.4 is 0 Å². The number of fused-ring (bicyclic) bond motifs is 1. The van der Waals surface area contributed by atoms with Crippen molar-refractivity contribution in [3.05, 3.63) is 41.6 Å². The van der Waals surface area contributed by atoms with Crippen LogP contribution in [0.25, 0.3) is 10.9 Å². The highest BCUT2D eigenvalue weighted by molar-refractivity contribution is 6.03. The van der Waals surface area contributed by atoms with Gasteiger partial charge < -0.3 is 9.84 Å². The van der Waals surface area contributed by atoms with Gasteiger partial charge in [0.2, 0.25) is 0 Å². The molecular formula is C13H13NO3. The highest BCUT2D eigenvalue weighted by Crippen LogP contribution is 2.22. The molecule has 88 valence electrons. The predicted octanol–water partition coefficient (Wildman–Crippen LogP) is 2.07. The third-order valence-electron chi connectivity index (χ3n) is 2.57. The SMILES string of the molecule is COC(=O)c1cc([C@@H](C)O)nc2ccccc12. The van der Waals surface area contributed by atoms with E-state index in [1.807, 2.05) is 12.1 Å². The molecule has 4 heteroatoms. The van der Waals surface area contributed by atoms with Crippen molar-refractivity contribution >= 4 is 16.9 Å². The van der Waals surface area contributed by atoms with Crippen LogP contribution in [0.4, 0.5) is 0 Å². The van der Waals surface area contributed by atoms with Crippen molar-refractivity contribution in [1.29, 1.82) is 0 Å². The van der Waals surface area contributed by atoms with E-state index in [1.165, 1.54) is 7.11 Å². The maximum Gasteiger partial charge on any atom is 0.338 e. The van der Waals surface area contributed by atoms with Gasteiger partial charge in [-0.2, -0.15) is 0 Å². The van der Waals surface area contributed by atoms with Crippen LogP contribution in [-0.4, -0.2) is 23.2 Å². The molecule has 1 N–H and O–H groups in total. The molecule has 1 atom stereocenters. The van der Waals surface area contributed by atoms with Gasteiger partial charge in [0, 0.05) is 5.39 Å². The van der Waals surface area contributed by atoms with Gasteiger partial charge in [-0.15, -0.1) is 0 Å². The molecule has 1 aromatic heterocycles. The van der Waals surface area contributed by atoms with Crippen molar-refractivity contribution in [1.82, 2.24) is 4.98 Å². The molecule has 0 aliphatic rings. The Balaban J connectivity index is 2.73. The number of hydrogen-bond donors (Lipinski definition) is 1. The fraction of sp³-hybridized carbons (Fsp3) is 0.231. The van der Waals surface area contributed by atoms with Gasteiger partial charge >= 0.3 is 5.97 Å². The summed E-state index contributed by atoms with van der Waals surface area (Å²) >= 11 is 0. The Morgan fingerprint density at radius 3 is 2.76 bits per heavy atom. The fourth-order valence-electron chi connectivity index (χ4n) is 1.69. The number of para-hydroxylation sites is 1. The summed E-state index contributed by atoms with van der Waals surface area (Å²) in [5.74, 6) is -0.425. The second kappa shape index (κ2) is 4.51. The summed E-state index contributed by atoms with van der Waals surface area (Å²) in [5, 5.41) is 10.3. The summed E-state index contributed by atoms with van der Waals surface area (Å²) < 4.78 is 4.73. The van der Waals surface area contributed by atoms with Crippen LogP contribution >= 0.6 is 0 Å². The number of aromatic nitrogens is 1. The number of carbonyl (C=O) groups is 1. The van der Waals surface area contributed by atoms with E-state index < -0.39 is 12.1 Å². The van der Waals surface area contributed by atoms with Gasteiger partial charge in [-0.1, -0.05) is 18.2 Å². The van der Waals surface area contributed by atoms with Gasteiger partial charge in [-0.25, -0.2) is 4.79 Å². The number of aliphatic hydroxyl groups is 1. The van der Waals surface area contributed by atoms with Crippen LogP contribution in [0.3, 0.4) is 0 Å². The topological polar surface area (TPSA) is 59.4 Å². The first-order valence-electron chi connectivity index (χ1n) is 5.29. The van der Waals surface area contributed by atoms with Crippen LogP contribution in [0.5, 0.6) is 0 Å². The third kappa shape index (κ3) is 2.12. The molecule has 17 heavy (non-hydrogen) atoms. The number of esters is 1. The number of methoxy groups -OCH3 is 1. The van der Waals surface area contributed by atoms with E-state index in [-0.39, 0.29) is 0 Å². The summed E-state index contributed by atoms with van der Waals surface area (Å²) in [5.41, 5.74) is 1.56. The fourth-order valence-corrected chi connectivity index (χ4v) is 1.69. The zero-order chi connectivity index (χ0) is 12.4. The lowest BCUT2D eigenvalue weighted by Crippen LogP contribution is -2.06. The minimum absolute atomic E-state index is 0.425. The molecule has 4 nitrogen and oxygen atoms in total. The van der Waals surface area contributed by atoms with E-state index >= 15 is 0 Å². The Kier molecular flexibility index (Phi) is 3.06. The van der Waals surface area contributed by atoms with Crippen molar-refractivity contribution in [2.75, 3.05) is 7.11 Å². The summed E-state index contributed by atoms with van der Waals surface area (Å²) in [6.07, 6.45) is -0.719. The average molecular weight is 231 g/mol. The normalized spacial score (nSPS) is 12.4. The molecule has 1 heterocycles. The lowest BCUT2D eigenvalue weighted by atomic mass is 10.1. The monoisotopic (exact) mass is 231 g/mol. The average Bonchev–Trinajstić information content (AvgIpc) is 2.36. The lowest BCUT2D eigenvalue weighted by molar-refractivity contribution is 0.0602. The minimum Gasteiger partial charge on any atom is -0.465 e. The zero-order valence-electron chi connectivity index (χ0n) is 9.68. The van der Waals surface area contributed by atoms with Crippen LogP contribution in [0.2, 0.25) is 0 Å². The zero-order valence-corrected chi connectivity index (χ0v) is 9.68. The first kappa shape index (κ1) is 11.5. The molecule has 0 bridgehead atoms. The first-order chi connectivity index (χ1) is 8.13. The molecule has 1 aromatic carbocycles. The third-order valence-corrected chi connectivity index (χ3v) is 2.57. The van der Waals surface area contributed by atoms with Crippen LogP contribution in [0.15, 0.2) is 30.3 Å². The van der Waals surface area contributed by atoms with Crippen LogP contribution in [0.1, 0.15) is 29.1 Å². The maximum atomic E-state index is 11.7. The summed E-state index contributed by atoms with van der Waals surface area (Å²) in [6, 6.07) is 8.84. The number of aliphatic hydroxyl groups excluding tert-OH is 1. The highest BCUT2D eigenvalue weighted by atomic mass is 16.5. The smallest absolute Gasteiger partial charge is 0.338 e. The van der Waals surface area contributed by atoms with Gasteiger partial charge in [-0.3, -0.25) is 4.98 Å². The highest BCUT2D eigenvalue weighted by Gasteiger charge is 2.14. The molecule has 0 aliphatic carbocycles. The molecule has 0 spiro atoms. The van der Waals surface area contributed by atoms with Gasteiger partial charge in [0.15, 0.2) is 0 Å². The Morgan fingerprint density at radius 1 is 1.41 bits per heavy atom. The van der Waals surface area contributed by atoms with Gasteiger partial charge in [0.05, 0.1) is 30.0 Å². The lowest BCUT2D eigenvalue weighted by Gasteiger charge is -2.09. The number of ether oxygens (including phenoxy) is 1. The van der Waals surface area contributed by atoms with E-state index in [9.17, 15) is 9.90 Å². The number of benzene rings is 1. The molecule has 0 amide bonds. The quantitative estimate of drug-likeness (QED) is 0.804. The second-order valence-corrected chi connectivity index (χ2v) is 3.78. The standard InChI is InChI=1S/C13H13NO3/c1-8(15)12-7-10(13(16)17-2)9-5-3-4-6-11(9)14-12/h3-8,15H,1-2H3/t8-/m1/s1. The largest absolute Gasteiger partial charge is 0.465 e. The number of nitrogens with zero attached hydrogens (tertiary/aromatic N) is 1. The van der Waals surface area contributed by atoms with Crippen molar-refractivity contribution in [2.45, 2.75) is 13.0 Å². The van der Waals surface area contributed by atoms with E-state index in [0.29, 0.717) is 16.8 Å². The molecule has 0 saturated carbocycles. The predicted molar refractivity (Wildman–Crippen MR) is 63.7 cm³/mol. The molecular weight excluding hydrogens is 218 g/mol. The molecule has 0 fully saturated rings. The summed E-state index contributed by atoms with van der Waals surface area (Å²) in [7, 11) is 1.33. The van der Waals surface area contributed by atoms with E-state index in [1.54, 1.807) is 25.1 Å². The molecule has 0 saturated heterocycles. The van der Waals surface area contributed by atoms with Gasteiger partial charge in [-0.05, 0) is 19.1 Å². The number of pyridine rings is 1. The van der Waals surface area contributed by atoms with Gasteiger partial charge in [0.1, 0.15) is 0 Å². The van der Waals surface area contributed by atoms with E-state index in [0.717, 1.165) is 5.39 Å². The Labute approximate surface area is 98.9 Å². The maximum absolute atomic E-state index is 11.7. The van der Waals surface area contributed by atoms with Crippen molar-refractivity contribution in [3.8, 4) is 0 Å². The number of carbonyl (C=O) groups excluding carboxylic acids is 1. The van der Waals surface area contributed by atoms with Crippen LogP contribution in [0, 0.1) is 0 Å². The van der Waals surface area contributed by atoms with Crippen molar-refractivity contribution < 1.29 is 14.6 Å². The Bertz CT molecular complexity index is 564. The minimum atomic E-state index is -0.719. The number of hydrogen-bond acceptors (Lipinski definition) is 4. The molecule has 0 unspecified atom stereocenters. The van der Waals surface area contributed by atoms with Crippen molar-refractivity contribution in [3.63, 3.8) is 0 Å². The van der Waals surface area contributed by atoms with Crippen molar-refractivity contribution in [2.24, 2.45) is 0 Å². The number of rotatable bonds is 2. The first-order valence-corrected chi connectivity index (χ1v) is 5.29. The van der Waals surface area contributed by atoms with Crippen LogP contribution in [-0.2, 0) is 4.74 Å².